The van der Waals surface area contributed by atoms with Crippen molar-refractivity contribution in [2.45, 2.75) is 155 Å². The third-order valence-corrected chi connectivity index (χ3v) is 17.0. The summed E-state index contributed by atoms with van der Waals surface area (Å²) in [4.78, 5) is 17.2. The Hall–Kier alpha value is -1.03. The van der Waals surface area contributed by atoms with Crippen LogP contribution in [0.15, 0.2) is 11.6 Å². The molecule has 0 bridgehead atoms. The molecule has 3 aliphatic heterocycles. The number of hydrogen-bond donors (Lipinski definition) is 1. The largest absolute Gasteiger partial charge is 0.457 e. The van der Waals surface area contributed by atoms with Crippen LogP contribution in [0.25, 0.3) is 0 Å². The maximum absolute atomic E-state index is 12.0. The summed E-state index contributed by atoms with van der Waals surface area (Å²) in [6, 6.07) is 0.667. The van der Waals surface area contributed by atoms with Crippen molar-refractivity contribution in [2.75, 3.05) is 39.8 Å². The predicted octanol–water partition coefficient (Wildman–Crippen LogP) is 5.95. The minimum atomic E-state index is -1.15. The standard InChI is InChI=1S/C41H64N2O6/c1-25(44)47-35(37(4,5)45)29-9-8-27-34(48-29)28-22-41(28)31-11-10-30-36(2,3)32(12-15-39(30)24-40(31,39)17-16-38(27,41)6)49-33-23-43(20-21-46-33)26-13-18-42(7)19-14-26/h22,26-27,29-35,45H,8-21,23-24H2,1-7H3/t27-,29?,30?,31?,32-,33-,34?,35-,38+,39+,40-,41-/m0/s1. The molecule has 6 aliphatic carbocycles. The van der Waals surface area contributed by atoms with E-state index < -0.39 is 11.7 Å². The molecule has 274 valence electrons. The van der Waals surface area contributed by atoms with Crippen LogP contribution in [0.3, 0.4) is 0 Å². The van der Waals surface area contributed by atoms with Crippen LogP contribution in [-0.2, 0) is 23.7 Å². The number of esters is 1. The first kappa shape index (κ1) is 33.8. The van der Waals surface area contributed by atoms with Crippen molar-refractivity contribution < 1.29 is 28.8 Å². The van der Waals surface area contributed by atoms with E-state index in [0.29, 0.717) is 34.6 Å². The third kappa shape index (κ3) is 4.65. The van der Waals surface area contributed by atoms with Gasteiger partial charge in [-0.2, -0.15) is 0 Å². The highest BCUT2D eigenvalue weighted by Gasteiger charge is 2.86. The first-order valence-corrected chi connectivity index (χ1v) is 20.1. The van der Waals surface area contributed by atoms with Crippen LogP contribution in [0.5, 0.6) is 0 Å². The molecule has 3 saturated heterocycles. The van der Waals surface area contributed by atoms with Gasteiger partial charge in [0, 0.05) is 31.5 Å². The van der Waals surface area contributed by atoms with E-state index >= 15 is 0 Å². The molecular weight excluding hydrogens is 616 g/mol. The first-order valence-electron chi connectivity index (χ1n) is 20.1. The van der Waals surface area contributed by atoms with E-state index in [0.717, 1.165) is 39.0 Å². The van der Waals surface area contributed by atoms with Gasteiger partial charge in [0.2, 0.25) is 0 Å². The number of carbonyl (C=O) groups excluding carboxylic acids is 1. The average molecular weight is 681 g/mol. The number of likely N-dealkylation sites (tertiary alicyclic amines) is 1. The van der Waals surface area contributed by atoms with E-state index in [-0.39, 0.29) is 46.8 Å². The zero-order valence-corrected chi connectivity index (χ0v) is 31.5. The smallest absolute Gasteiger partial charge is 0.303 e. The summed E-state index contributed by atoms with van der Waals surface area (Å²) in [5.41, 5.74) is 1.87. The van der Waals surface area contributed by atoms with Crippen molar-refractivity contribution in [1.82, 2.24) is 9.80 Å². The Kier molecular flexibility index (Phi) is 7.59. The topological polar surface area (TPSA) is 80.7 Å². The maximum atomic E-state index is 12.0. The van der Waals surface area contributed by atoms with Gasteiger partial charge in [-0.1, -0.05) is 26.8 Å². The van der Waals surface area contributed by atoms with E-state index in [1.807, 2.05) is 0 Å². The van der Waals surface area contributed by atoms with E-state index in [9.17, 15) is 9.90 Å². The molecule has 8 heteroatoms. The molecule has 9 rings (SSSR count). The van der Waals surface area contributed by atoms with Crippen LogP contribution in [0.4, 0.5) is 0 Å². The molecule has 49 heavy (non-hydrogen) atoms. The van der Waals surface area contributed by atoms with Gasteiger partial charge in [-0.25, -0.2) is 0 Å². The third-order valence-electron chi connectivity index (χ3n) is 17.0. The quantitative estimate of drug-likeness (QED) is 0.272. The molecule has 12 atom stereocenters. The van der Waals surface area contributed by atoms with Gasteiger partial charge in [0.1, 0.15) is 0 Å². The van der Waals surface area contributed by atoms with Crippen molar-refractivity contribution in [1.29, 1.82) is 0 Å². The van der Waals surface area contributed by atoms with Crippen LogP contribution in [0.1, 0.15) is 112 Å². The van der Waals surface area contributed by atoms with Gasteiger partial charge in [0.15, 0.2) is 12.4 Å². The van der Waals surface area contributed by atoms with Crippen molar-refractivity contribution in [3.8, 4) is 0 Å². The summed E-state index contributed by atoms with van der Waals surface area (Å²) < 4.78 is 26.0. The monoisotopic (exact) mass is 680 g/mol. The highest BCUT2D eigenvalue weighted by atomic mass is 16.7. The molecule has 0 aromatic rings. The number of morpholine rings is 1. The number of nitrogens with zero attached hydrogens (tertiary/aromatic N) is 2. The van der Waals surface area contributed by atoms with Gasteiger partial charge >= 0.3 is 5.97 Å². The molecule has 0 radical (unpaired) electrons. The second-order valence-electron chi connectivity index (χ2n) is 19.8. The zero-order valence-electron chi connectivity index (χ0n) is 31.5. The van der Waals surface area contributed by atoms with E-state index in [4.69, 9.17) is 18.9 Å². The molecule has 8 fully saturated rings. The van der Waals surface area contributed by atoms with Gasteiger partial charge in [-0.3, -0.25) is 9.69 Å². The summed E-state index contributed by atoms with van der Waals surface area (Å²) in [6.07, 6.45) is 15.5. The molecule has 8 nitrogen and oxygen atoms in total. The lowest BCUT2D eigenvalue weighted by molar-refractivity contribution is -0.249. The van der Waals surface area contributed by atoms with E-state index in [1.54, 1.807) is 19.4 Å². The number of ether oxygens (including phenoxy) is 4. The minimum Gasteiger partial charge on any atom is -0.457 e. The summed E-state index contributed by atoms with van der Waals surface area (Å²) >= 11 is 0. The fraction of sp³-hybridized carbons (Fsp3) is 0.927. The highest BCUT2D eigenvalue weighted by molar-refractivity contribution is 5.66. The predicted molar refractivity (Wildman–Crippen MR) is 187 cm³/mol. The molecular formula is C41H64N2O6. The van der Waals surface area contributed by atoms with Crippen molar-refractivity contribution >= 4 is 5.97 Å². The molecule has 0 amide bonds. The van der Waals surface area contributed by atoms with Crippen molar-refractivity contribution in [3.63, 3.8) is 0 Å². The Morgan fingerprint density at radius 1 is 0.980 bits per heavy atom. The Labute approximate surface area is 295 Å². The lowest BCUT2D eigenvalue weighted by atomic mass is 9.44. The Bertz CT molecular complexity index is 1380. The van der Waals surface area contributed by atoms with Gasteiger partial charge < -0.3 is 29.0 Å². The molecule has 9 aliphatic rings. The van der Waals surface area contributed by atoms with Gasteiger partial charge in [-0.15, -0.1) is 0 Å². The van der Waals surface area contributed by atoms with Gasteiger partial charge in [-0.05, 0) is 150 Å². The fourth-order valence-corrected chi connectivity index (χ4v) is 14.7. The highest BCUT2D eigenvalue weighted by Crippen LogP contribution is 2.92. The average Bonchev–Trinajstić information content (AvgIpc) is 3.94. The number of rotatable bonds is 6. The molecule has 3 spiro atoms. The Morgan fingerprint density at radius 2 is 1.71 bits per heavy atom. The second-order valence-corrected chi connectivity index (χ2v) is 19.8. The zero-order chi connectivity index (χ0) is 34.4. The number of piperidine rings is 1. The lowest BCUT2D eigenvalue weighted by Crippen LogP contribution is -2.58. The normalized spacial score (nSPS) is 49.6. The summed E-state index contributed by atoms with van der Waals surface area (Å²) in [7, 11) is 2.25. The molecule has 0 aromatic carbocycles. The number of hydrogen-bond acceptors (Lipinski definition) is 8. The summed E-state index contributed by atoms with van der Waals surface area (Å²) in [5.74, 6) is 1.58. The minimum absolute atomic E-state index is 0.0943. The van der Waals surface area contributed by atoms with E-state index in [2.05, 4.69) is 43.7 Å². The summed E-state index contributed by atoms with van der Waals surface area (Å²) in [6.45, 7) is 17.7. The number of aliphatic hydroxyl groups is 1. The molecule has 0 aromatic heterocycles. The number of allylic oxidation sites excluding steroid dienone is 1. The van der Waals surface area contributed by atoms with Crippen molar-refractivity contribution in [3.05, 3.63) is 11.6 Å². The Balaban J connectivity index is 0.904. The summed E-state index contributed by atoms with van der Waals surface area (Å²) in [5, 5.41) is 11.0. The SMILES string of the molecule is CC(=O)O[C@@H](C1CC[C@H]2C(O1)C1=C[C@@]13C1CCC4C(C)(C)[C@@H](O[C@H]5CN(C6CCN(C)CC6)CCO5)CC[C@@]45C[C@@]15CC[C@]23C)C(C)(C)O. The maximum Gasteiger partial charge on any atom is 0.303 e. The van der Waals surface area contributed by atoms with Crippen LogP contribution >= 0.6 is 0 Å². The lowest BCUT2D eigenvalue weighted by Gasteiger charge is -2.61. The van der Waals surface area contributed by atoms with Crippen molar-refractivity contribution in [2.24, 2.45) is 44.8 Å². The van der Waals surface area contributed by atoms with E-state index in [1.165, 1.54) is 71.4 Å². The Morgan fingerprint density at radius 3 is 2.45 bits per heavy atom. The molecule has 3 heterocycles. The number of fused-ring (bicyclic) bond motifs is 3. The van der Waals surface area contributed by atoms with Crippen LogP contribution in [0.2, 0.25) is 0 Å². The van der Waals surface area contributed by atoms with Gasteiger partial charge in [0.05, 0.1) is 30.5 Å². The van der Waals surface area contributed by atoms with Crippen LogP contribution < -0.4 is 0 Å². The number of carbonyl (C=O) groups is 1. The van der Waals surface area contributed by atoms with Crippen LogP contribution in [0, 0.1) is 44.8 Å². The second kappa shape index (κ2) is 11.0. The molecule has 1 N–H and O–H groups in total. The fourth-order valence-electron chi connectivity index (χ4n) is 14.7. The van der Waals surface area contributed by atoms with Crippen LogP contribution in [-0.4, -0.2) is 103 Å². The first-order chi connectivity index (χ1) is 23.2. The molecule has 4 unspecified atom stereocenters. The van der Waals surface area contributed by atoms with Gasteiger partial charge in [0.25, 0.3) is 0 Å². The molecule has 5 saturated carbocycles.